The molecule has 130 valence electrons. The highest BCUT2D eigenvalue weighted by Crippen LogP contribution is 2.28. The number of ether oxygens (including phenoxy) is 1. The third kappa shape index (κ3) is 4.40. The first kappa shape index (κ1) is 17.5. The van der Waals surface area contributed by atoms with Gasteiger partial charge in [0, 0.05) is 16.3 Å². The van der Waals surface area contributed by atoms with Gasteiger partial charge in [-0.3, -0.25) is 14.9 Å². The summed E-state index contributed by atoms with van der Waals surface area (Å²) >= 11 is 2.88. The van der Waals surface area contributed by atoms with E-state index in [1.165, 1.54) is 11.3 Å². The molecule has 2 heterocycles. The maximum Gasteiger partial charge on any atom is 0.311 e. The first-order valence-electron chi connectivity index (χ1n) is 7.79. The van der Waals surface area contributed by atoms with E-state index in [1.807, 2.05) is 24.5 Å². The summed E-state index contributed by atoms with van der Waals surface area (Å²) in [4.78, 5) is 32.5. The summed E-state index contributed by atoms with van der Waals surface area (Å²) in [5, 5.41) is 7.99. The molecule has 1 N–H and O–H groups in total. The molecule has 0 atom stereocenters. The number of carbonyl (C=O) groups excluding carboxylic acids is 2. The smallest absolute Gasteiger partial charge is 0.311 e. The maximum absolute atomic E-state index is 12.4. The number of rotatable bonds is 6. The minimum Gasteiger partial charge on any atom is -0.466 e. The first-order valence-corrected chi connectivity index (χ1v) is 9.55. The molecule has 0 unspecified atom stereocenters. The third-order valence-corrected chi connectivity index (χ3v) is 5.06. The van der Waals surface area contributed by atoms with E-state index in [1.54, 1.807) is 23.6 Å². The average Bonchev–Trinajstić information content (AvgIpc) is 3.28. The number of aryl methyl sites for hydroxylation is 1. The van der Waals surface area contributed by atoms with Crippen LogP contribution in [0.15, 0.2) is 28.5 Å². The molecule has 0 fully saturated rings. The molecule has 0 aromatic carbocycles. The Hall–Kier alpha value is -2.32. The van der Waals surface area contributed by atoms with Crippen molar-refractivity contribution in [3.8, 4) is 0 Å². The van der Waals surface area contributed by atoms with Crippen LogP contribution in [0.25, 0.3) is 5.57 Å². The molecule has 0 aliphatic heterocycles. The molecule has 2 aromatic heterocycles. The molecular weight excluding hydrogens is 358 g/mol. The van der Waals surface area contributed by atoms with Crippen LogP contribution in [0.3, 0.4) is 0 Å². The lowest BCUT2D eigenvalue weighted by molar-refractivity contribution is -0.142. The summed E-state index contributed by atoms with van der Waals surface area (Å²) in [6.07, 6.45) is 4.53. The van der Waals surface area contributed by atoms with Crippen LogP contribution in [0.4, 0.5) is 5.13 Å². The molecule has 3 rings (SSSR count). The van der Waals surface area contributed by atoms with Crippen LogP contribution in [0.2, 0.25) is 0 Å². The number of anilines is 1. The fourth-order valence-electron chi connectivity index (χ4n) is 2.34. The third-order valence-electron chi connectivity index (χ3n) is 3.48. The molecule has 0 radical (unpaired) electrons. The Morgan fingerprint density at radius 2 is 2.12 bits per heavy atom. The fraction of sp³-hybridized carbons (Fsp3) is 0.294. The van der Waals surface area contributed by atoms with Crippen molar-refractivity contribution in [2.45, 2.75) is 26.7 Å². The van der Waals surface area contributed by atoms with Crippen LogP contribution in [0.1, 0.15) is 29.7 Å². The molecule has 25 heavy (non-hydrogen) atoms. The zero-order valence-electron chi connectivity index (χ0n) is 13.9. The second kappa shape index (κ2) is 7.71. The molecule has 8 heteroatoms. The number of carbonyl (C=O) groups is 2. The quantitative estimate of drug-likeness (QED) is 0.783. The van der Waals surface area contributed by atoms with E-state index in [2.05, 4.69) is 15.3 Å². The Kier molecular flexibility index (Phi) is 5.40. The van der Waals surface area contributed by atoms with Crippen LogP contribution < -0.4 is 5.32 Å². The Morgan fingerprint density at radius 1 is 1.28 bits per heavy atom. The minimum atomic E-state index is -0.323. The Morgan fingerprint density at radius 3 is 2.84 bits per heavy atom. The van der Waals surface area contributed by atoms with E-state index >= 15 is 0 Å². The summed E-state index contributed by atoms with van der Waals surface area (Å²) < 4.78 is 4.89. The molecule has 1 amide bonds. The summed E-state index contributed by atoms with van der Waals surface area (Å²) in [5.74, 6) is -0.508. The Labute approximate surface area is 153 Å². The van der Waals surface area contributed by atoms with E-state index in [-0.39, 0.29) is 18.3 Å². The van der Waals surface area contributed by atoms with Crippen molar-refractivity contribution in [1.29, 1.82) is 0 Å². The number of aromatic nitrogens is 2. The first-order chi connectivity index (χ1) is 12.0. The van der Waals surface area contributed by atoms with Gasteiger partial charge in [0.15, 0.2) is 5.13 Å². The van der Waals surface area contributed by atoms with Gasteiger partial charge in [-0.25, -0.2) is 9.97 Å². The number of amides is 1. The molecule has 6 nitrogen and oxygen atoms in total. The van der Waals surface area contributed by atoms with Gasteiger partial charge in [-0.1, -0.05) is 6.08 Å². The number of allylic oxidation sites excluding steroid dienone is 3. The summed E-state index contributed by atoms with van der Waals surface area (Å²) in [6, 6.07) is 0. The predicted molar refractivity (Wildman–Crippen MR) is 98.6 cm³/mol. The van der Waals surface area contributed by atoms with Gasteiger partial charge in [0.25, 0.3) is 5.91 Å². The van der Waals surface area contributed by atoms with Crippen molar-refractivity contribution in [3.05, 3.63) is 44.9 Å². The minimum absolute atomic E-state index is 0.109. The van der Waals surface area contributed by atoms with E-state index in [9.17, 15) is 9.59 Å². The van der Waals surface area contributed by atoms with Crippen molar-refractivity contribution in [2.75, 3.05) is 11.9 Å². The molecule has 1 aliphatic carbocycles. The van der Waals surface area contributed by atoms with Crippen LogP contribution >= 0.6 is 22.7 Å². The van der Waals surface area contributed by atoms with Gasteiger partial charge in [0.1, 0.15) is 0 Å². The lowest BCUT2D eigenvalue weighted by Crippen LogP contribution is -2.13. The standard InChI is InChI=1S/C17H17N3O3S2/c1-3-23-15(21)7-13-8-25-17(19-13)20-16(22)12-5-4-11(6-12)14-9-24-10(2)18-14/h4,6,8-9H,3,5,7H2,1-2H3,(H,19,20,22). The van der Waals surface area contributed by atoms with Crippen molar-refractivity contribution >= 4 is 45.3 Å². The van der Waals surface area contributed by atoms with Gasteiger partial charge in [-0.05, 0) is 31.9 Å². The number of nitrogens with zero attached hydrogens (tertiary/aromatic N) is 2. The molecule has 0 spiro atoms. The molecule has 0 saturated heterocycles. The van der Waals surface area contributed by atoms with E-state index in [0.717, 1.165) is 16.3 Å². The van der Waals surface area contributed by atoms with Gasteiger partial charge in [-0.2, -0.15) is 0 Å². The fourth-order valence-corrected chi connectivity index (χ4v) is 3.67. The van der Waals surface area contributed by atoms with Gasteiger partial charge < -0.3 is 4.74 Å². The Balaban J connectivity index is 1.60. The summed E-state index contributed by atoms with van der Waals surface area (Å²) in [6.45, 7) is 4.06. The van der Waals surface area contributed by atoms with Gasteiger partial charge in [0.2, 0.25) is 0 Å². The number of hydrogen-bond donors (Lipinski definition) is 1. The summed E-state index contributed by atoms with van der Waals surface area (Å²) in [5.41, 5.74) is 3.13. The average molecular weight is 375 g/mol. The number of hydrogen-bond acceptors (Lipinski definition) is 7. The lowest BCUT2D eigenvalue weighted by atomic mass is 10.2. The monoisotopic (exact) mass is 375 g/mol. The van der Waals surface area contributed by atoms with Crippen molar-refractivity contribution in [2.24, 2.45) is 0 Å². The highest BCUT2D eigenvalue weighted by molar-refractivity contribution is 7.14. The van der Waals surface area contributed by atoms with E-state index < -0.39 is 0 Å². The van der Waals surface area contributed by atoms with Gasteiger partial charge >= 0.3 is 5.97 Å². The van der Waals surface area contributed by atoms with Crippen LogP contribution in [-0.2, 0) is 20.7 Å². The van der Waals surface area contributed by atoms with E-state index in [0.29, 0.717) is 29.4 Å². The highest BCUT2D eigenvalue weighted by Gasteiger charge is 2.18. The summed E-state index contributed by atoms with van der Waals surface area (Å²) in [7, 11) is 0. The normalized spacial score (nSPS) is 13.4. The topological polar surface area (TPSA) is 81.2 Å². The number of nitrogens with one attached hydrogen (secondary N) is 1. The highest BCUT2D eigenvalue weighted by atomic mass is 32.1. The molecular formula is C17H17N3O3S2. The van der Waals surface area contributed by atoms with E-state index in [4.69, 9.17) is 4.74 Å². The molecule has 2 aromatic rings. The van der Waals surface area contributed by atoms with Crippen molar-refractivity contribution < 1.29 is 14.3 Å². The van der Waals surface area contributed by atoms with Gasteiger partial charge in [-0.15, -0.1) is 22.7 Å². The SMILES string of the molecule is CCOC(=O)Cc1csc(NC(=O)C2=CC(c3csc(C)n3)=CC2)n1. The zero-order valence-corrected chi connectivity index (χ0v) is 15.5. The zero-order chi connectivity index (χ0) is 17.8. The van der Waals surface area contributed by atoms with Crippen LogP contribution in [-0.4, -0.2) is 28.5 Å². The molecule has 0 saturated carbocycles. The van der Waals surface area contributed by atoms with Crippen LogP contribution in [0.5, 0.6) is 0 Å². The largest absolute Gasteiger partial charge is 0.466 e. The number of esters is 1. The molecule has 0 bridgehead atoms. The number of thiazole rings is 2. The second-order valence-corrected chi connectivity index (χ2v) is 7.29. The predicted octanol–water partition coefficient (Wildman–Crippen LogP) is 3.37. The van der Waals surface area contributed by atoms with Gasteiger partial charge in [0.05, 0.1) is 29.4 Å². The Bertz CT molecular complexity index is 864. The van der Waals surface area contributed by atoms with Crippen molar-refractivity contribution in [1.82, 2.24) is 9.97 Å². The lowest BCUT2D eigenvalue weighted by Gasteiger charge is -2.01. The van der Waals surface area contributed by atoms with Crippen molar-refractivity contribution in [3.63, 3.8) is 0 Å². The maximum atomic E-state index is 12.4. The second-order valence-electron chi connectivity index (χ2n) is 5.36. The van der Waals surface area contributed by atoms with Crippen LogP contribution in [0, 0.1) is 6.92 Å². The molecule has 1 aliphatic rings.